The summed E-state index contributed by atoms with van der Waals surface area (Å²) in [5, 5.41) is 2.34. The molecule has 3 aliphatic rings. The van der Waals surface area contributed by atoms with Crippen LogP contribution < -0.4 is 5.43 Å². The van der Waals surface area contributed by atoms with Crippen molar-refractivity contribution in [2.24, 2.45) is 0 Å². The van der Waals surface area contributed by atoms with Gasteiger partial charge in [-0.25, -0.2) is 5.01 Å². The number of hydrogen-bond acceptors (Lipinski definition) is 4. The number of ether oxygens (including phenoxy) is 1. The summed E-state index contributed by atoms with van der Waals surface area (Å²) in [4.78, 5) is 2.65. The Bertz CT molecular complexity index is 214. The standard InChI is InChI=1S/C11H21N3O/c1-2-11(1)13-4-3-10(9-13)12-14-5-7-15-8-6-14/h10-12H,1-9H2. The van der Waals surface area contributed by atoms with Crippen LogP contribution in [-0.2, 0) is 4.74 Å². The van der Waals surface area contributed by atoms with E-state index in [1.165, 1.54) is 32.4 Å². The van der Waals surface area contributed by atoms with Gasteiger partial charge in [-0.2, -0.15) is 0 Å². The number of morpholine rings is 1. The zero-order valence-corrected chi connectivity index (χ0v) is 9.32. The van der Waals surface area contributed by atoms with Crippen LogP contribution in [0.3, 0.4) is 0 Å². The minimum Gasteiger partial charge on any atom is -0.379 e. The molecule has 0 aromatic rings. The summed E-state index contributed by atoms with van der Waals surface area (Å²) in [5.41, 5.74) is 3.64. The fourth-order valence-corrected chi connectivity index (χ4v) is 2.61. The molecule has 1 saturated carbocycles. The van der Waals surface area contributed by atoms with Crippen LogP contribution >= 0.6 is 0 Å². The molecule has 0 bridgehead atoms. The Kier molecular flexibility index (Phi) is 2.92. The van der Waals surface area contributed by atoms with E-state index >= 15 is 0 Å². The maximum Gasteiger partial charge on any atom is 0.0608 e. The van der Waals surface area contributed by atoms with Crippen molar-refractivity contribution in [3.8, 4) is 0 Å². The van der Waals surface area contributed by atoms with Gasteiger partial charge in [0.1, 0.15) is 0 Å². The van der Waals surface area contributed by atoms with Crippen molar-refractivity contribution in [2.75, 3.05) is 39.4 Å². The second-order valence-corrected chi connectivity index (χ2v) is 4.94. The predicted molar refractivity (Wildman–Crippen MR) is 58.5 cm³/mol. The molecule has 0 amide bonds. The molecule has 0 aromatic heterocycles. The summed E-state index contributed by atoms with van der Waals surface area (Å²) in [5.74, 6) is 0. The van der Waals surface area contributed by atoms with E-state index < -0.39 is 0 Å². The molecule has 3 rings (SSSR count). The van der Waals surface area contributed by atoms with Crippen LogP contribution in [0.15, 0.2) is 0 Å². The maximum atomic E-state index is 5.34. The van der Waals surface area contributed by atoms with E-state index in [-0.39, 0.29) is 0 Å². The molecule has 1 unspecified atom stereocenters. The maximum absolute atomic E-state index is 5.34. The molecule has 15 heavy (non-hydrogen) atoms. The highest BCUT2D eigenvalue weighted by Gasteiger charge is 2.34. The molecule has 1 aliphatic carbocycles. The van der Waals surface area contributed by atoms with E-state index in [1.807, 2.05) is 0 Å². The van der Waals surface area contributed by atoms with Crippen LogP contribution in [0.2, 0.25) is 0 Å². The zero-order chi connectivity index (χ0) is 10.1. The molecule has 1 N–H and O–H groups in total. The Morgan fingerprint density at radius 3 is 2.53 bits per heavy atom. The first-order valence-electron chi connectivity index (χ1n) is 6.25. The number of likely N-dealkylation sites (tertiary alicyclic amines) is 1. The lowest BCUT2D eigenvalue weighted by Gasteiger charge is -2.30. The quantitative estimate of drug-likeness (QED) is 0.714. The first-order valence-corrected chi connectivity index (χ1v) is 6.25. The molecule has 4 heteroatoms. The van der Waals surface area contributed by atoms with Crippen molar-refractivity contribution in [1.29, 1.82) is 0 Å². The largest absolute Gasteiger partial charge is 0.379 e. The van der Waals surface area contributed by atoms with Crippen molar-refractivity contribution < 1.29 is 4.74 Å². The fourth-order valence-electron chi connectivity index (χ4n) is 2.61. The number of nitrogens with one attached hydrogen (secondary N) is 1. The Morgan fingerprint density at radius 1 is 1.00 bits per heavy atom. The lowest BCUT2D eigenvalue weighted by molar-refractivity contribution is 0.00433. The first kappa shape index (κ1) is 10.0. The van der Waals surface area contributed by atoms with Gasteiger partial charge in [0, 0.05) is 38.3 Å². The zero-order valence-electron chi connectivity index (χ0n) is 9.32. The molecular formula is C11H21N3O. The third kappa shape index (κ3) is 2.50. The van der Waals surface area contributed by atoms with E-state index in [0.717, 1.165) is 32.3 Å². The summed E-state index contributed by atoms with van der Waals surface area (Å²) in [6.07, 6.45) is 4.18. The van der Waals surface area contributed by atoms with Crippen LogP contribution in [0.1, 0.15) is 19.3 Å². The molecule has 2 saturated heterocycles. The molecular weight excluding hydrogens is 190 g/mol. The van der Waals surface area contributed by atoms with E-state index in [1.54, 1.807) is 0 Å². The van der Waals surface area contributed by atoms with Crippen molar-refractivity contribution in [1.82, 2.24) is 15.3 Å². The van der Waals surface area contributed by atoms with Gasteiger partial charge in [0.2, 0.25) is 0 Å². The number of nitrogens with zero attached hydrogens (tertiary/aromatic N) is 2. The first-order chi connectivity index (χ1) is 7.42. The molecule has 1 atom stereocenters. The highest BCUT2D eigenvalue weighted by Crippen LogP contribution is 2.29. The van der Waals surface area contributed by atoms with Crippen LogP contribution in [0.4, 0.5) is 0 Å². The summed E-state index contributed by atoms with van der Waals surface area (Å²) >= 11 is 0. The summed E-state index contributed by atoms with van der Waals surface area (Å²) in [6, 6.07) is 1.62. The van der Waals surface area contributed by atoms with Crippen molar-refractivity contribution in [3.05, 3.63) is 0 Å². The highest BCUT2D eigenvalue weighted by atomic mass is 16.5. The summed E-state index contributed by atoms with van der Waals surface area (Å²) in [7, 11) is 0. The monoisotopic (exact) mass is 211 g/mol. The van der Waals surface area contributed by atoms with Gasteiger partial charge in [0.25, 0.3) is 0 Å². The van der Waals surface area contributed by atoms with Gasteiger partial charge in [0.05, 0.1) is 13.2 Å². The van der Waals surface area contributed by atoms with Gasteiger partial charge < -0.3 is 4.74 Å². The Balaban J connectivity index is 1.43. The highest BCUT2D eigenvalue weighted by molar-refractivity contribution is 4.91. The second kappa shape index (κ2) is 4.37. The van der Waals surface area contributed by atoms with Crippen molar-refractivity contribution >= 4 is 0 Å². The van der Waals surface area contributed by atoms with Gasteiger partial charge in [-0.3, -0.25) is 10.3 Å². The van der Waals surface area contributed by atoms with Crippen LogP contribution in [-0.4, -0.2) is 61.4 Å². The smallest absolute Gasteiger partial charge is 0.0608 e. The van der Waals surface area contributed by atoms with Crippen LogP contribution in [0.25, 0.3) is 0 Å². The third-order valence-corrected chi connectivity index (χ3v) is 3.66. The molecule has 3 fully saturated rings. The lowest BCUT2D eigenvalue weighted by Crippen LogP contribution is -2.50. The molecule has 2 heterocycles. The SMILES string of the molecule is C1CN(NC2CCN(C3CC3)C2)CCO1. The van der Waals surface area contributed by atoms with E-state index in [2.05, 4.69) is 15.3 Å². The van der Waals surface area contributed by atoms with E-state index in [0.29, 0.717) is 6.04 Å². The number of rotatable bonds is 3. The predicted octanol–water partition coefficient (Wildman–Crippen LogP) is 0.0599. The van der Waals surface area contributed by atoms with Crippen molar-refractivity contribution in [2.45, 2.75) is 31.3 Å². The van der Waals surface area contributed by atoms with Gasteiger partial charge in [-0.1, -0.05) is 0 Å². The Hall–Kier alpha value is -0.160. The van der Waals surface area contributed by atoms with Gasteiger partial charge >= 0.3 is 0 Å². The molecule has 4 nitrogen and oxygen atoms in total. The van der Waals surface area contributed by atoms with E-state index in [4.69, 9.17) is 4.74 Å². The molecule has 0 aromatic carbocycles. The lowest BCUT2D eigenvalue weighted by atomic mass is 10.3. The summed E-state index contributed by atoms with van der Waals surface area (Å²) < 4.78 is 5.34. The Labute approximate surface area is 91.5 Å². The van der Waals surface area contributed by atoms with Gasteiger partial charge in [-0.15, -0.1) is 0 Å². The topological polar surface area (TPSA) is 27.7 Å². The van der Waals surface area contributed by atoms with Gasteiger partial charge in [0.15, 0.2) is 0 Å². The van der Waals surface area contributed by atoms with Crippen LogP contribution in [0, 0.1) is 0 Å². The molecule has 2 aliphatic heterocycles. The average Bonchev–Trinajstić information content (AvgIpc) is 3.02. The second-order valence-electron chi connectivity index (χ2n) is 4.94. The number of hydrazine groups is 1. The van der Waals surface area contributed by atoms with Crippen LogP contribution in [0.5, 0.6) is 0 Å². The van der Waals surface area contributed by atoms with Gasteiger partial charge in [-0.05, 0) is 19.3 Å². The number of hydrogen-bond donors (Lipinski definition) is 1. The fraction of sp³-hybridized carbons (Fsp3) is 1.00. The average molecular weight is 211 g/mol. The molecule has 86 valence electrons. The Morgan fingerprint density at radius 2 is 1.80 bits per heavy atom. The van der Waals surface area contributed by atoms with Crippen molar-refractivity contribution in [3.63, 3.8) is 0 Å². The third-order valence-electron chi connectivity index (χ3n) is 3.66. The molecule has 0 radical (unpaired) electrons. The molecule has 0 spiro atoms. The minimum absolute atomic E-state index is 0.684. The van der Waals surface area contributed by atoms with E-state index in [9.17, 15) is 0 Å². The minimum atomic E-state index is 0.684. The normalized spacial score (nSPS) is 34.8. The summed E-state index contributed by atoms with van der Waals surface area (Å²) in [6.45, 7) is 6.40.